The van der Waals surface area contributed by atoms with E-state index < -0.39 is 0 Å². The predicted octanol–water partition coefficient (Wildman–Crippen LogP) is 2.14. The van der Waals surface area contributed by atoms with Crippen molar-refractivity contribution < 1.29 is 4.79 Å². The van der Waals surface area contributed by atoms with Crippen LogP contribution in [0.1, 0.15) is 25.3 Å². The van der Waals surface area contributed by atoms with E-state index in [2.05, 4.69) is 18.2 Å². The first-order chi connectivity index (χ1) is 8.07. The van der Waals surface area contributed by atoms with E-state index in [4.69, 9.17) is 5.73 Å². The summed E-state index contributed by atoms with van der Waals surface area (Å²) in [5.74, 6) is 0.127. The summed E-state index contributed by atoms with van der Waals surface area (Å²) in [6.07, 6.45) is 3.17. The maximum Gasteiger partial charge on any atom is 0.223 e. The van der Waals surface area contributed by atoms with Gasteiger partial charge < -0.3 is 10.6 Å². The van der Waals surface area contributed by atoms with Gasteiger partial charge in [-0.05, 0) is 43.0 Å². The molecule has 1 saturated carbocycles. The zero-order chi connectivity index (χ0) is 12.0. The molecule has 1 fully saturated rings. The average molecular weight is 248 g/mol. The van der Waals surface area contributed by atoms with Gasteiger partial charge in [-0.1, -0.05) is 0 Å². The van der Waals surface area contributed by atoms with Gasteiger partial charge >= 0.3 is 0 Å². The molecule has 0 bridgehead atoms. The van der Waals surface area contributed by atoms with Crippen LogP contribution in [0.4, 0.5) is 5.69 Å². The Morgan fingerprint density at radius 3 is 2.88 bits per heavy atom. The summed E-state index contributed by atoms with van der Waals surface area (Å²) in [7, 11) is 0. The van der Waals surface area contributed by atoms with Crippen LogP contribution in [0.2, 0.25) is 0 Å². The molecular weight excluding hydrogens is 232 g/mol. The lowest BCUT2D eigenvalue weighted by Crippen LogP contribution is -2.25. The quantitative estimate of drug-likeness (QED) is 0.816. The second-order valence-electron chi connectivity index (χ2n) is 4.88. The van der Waals surface area contributed by atoms with E-state index >= 15 is 0 Å². The third-order valence-corrected chi connectivity index (χ3v) is 4.69. The summed E-state index contributed by atoms with van der Waals surface area (Å²) in [5, 5.41) is 0. The van der Waals surface area contributed by atoms with Crippen molar-refractivity contribution in [2.45, 2.75) is 36.0 Å². The highest BCUT2D eigenvalue weighted by atomic mass is 32.2. The zero-order valence-corrected chi connectivity index (χ0v) is 10.7. The standard InChI is InChI=1S/C13H16N2OS/c1-9(16)15-7-4-10-8-11(2-3-12(10)15)17-13(14)5-6-13/h2-3,8H,4-7,14H2,1H3. The van der Waals surface area contributed by atoms with Crippen molar-refractivity contribution in [3.05, 3.63) is 23.8 Å². The van der Waals surface area contributed by atoms with Crippen molar-refractivity contribution in [1.82, 2.24) is 0 Å². The number of nitrogens with two attached hydrogens (primary N) is 1. The Morgan fingerprint density at radius 2 is 2.24 bits per heavy atom. The molecule has 1 aromatic carbocycles. The summed E-state index contributed by atoms with van der Waals surface area (Å²) in [6, 6.07) is 6.32. The first-order valence-electron chi connectivity index (χ1n) is 5.96. The highest BCUT2D eigenvalue weighted by Gasteiger charge is 2.39. The Morgan fingerprint density at radius 1 is 1.47 bits per heavy atom. The molecule has 2 N–H and O–H groups in total. The van der Waals surface area contributed by atoms with Crippen molar-refractivity contribution in [1.29, 1.82) is 0 Å². The normalized spacial score (nSPS) is 20.2. The van der Waals surface area contributed by atoms with Gasteiger partial charge in [0.05, 0.1) is 4.87 Å². The molecule has 90 valence electrons. The van der Waals surface area contributed by atoms with Crippen LogP contribution in [-0.2, 0) is 11.2 Å². The molecule has 0 spiro atoms. The molecule has 17 heavy (non-hydrogen) atoms. The Hall–Kier alpha value is -1.00. The van der Waals surface area contributed by atoms with Gasteiger partial charge in [-0.15, -0.1) is 11.8 Å². The van der Waals surface area contributed by atoms with E-state index in [1.54, 1.807) is 18.7 Å². The van der Waals surface area contributed by atoms with Crippen LogP contribution < -0.4 is 10.6 Å². The monoisotopic (exact) mass is 248 g/mol. The van der Waals surface area contributed by atoms with Crippen LogP contribution in [0.15, 0.2) is 23.1 Å². The molecule has 0 aromatic heterocycles. The minimum Gasteiger partial charge on any atom is -0.317 e. The number of fused-ring (bicyclic) bond motifs is 1. The highest BCUT2D eigenvalue weighted by Crippen LogP contribution is 2.47. The Balaban J connectivity index is 1.85. The maximum atomic E-state index is 11.4. The largest absolute Gasteiger partial charge is 0.317 e. The fourth-order valence-corrected chi connectivity index (χ4v) is 3.34. The molecule has 2 aliphatic rings. The molecule has 3 nitrogen and oxygen atoms in total. The Bertz CT molecular complexity index is 482. The number of amides is 1. The number of hydrogen-bond acceptors (Lipinski definition) is 3. The van der Waals surface area contributed by atoms with E-state index in [9.17, 15) is 4.79 Å². The van der Waals surface area contributed by atoms with Gasteiger partial charge in [0.25, 0.3) is 0 Å². The fourth-order valence-electron chi connectivity index (χ4n) is 2.23. The highest BCUT2D eigenvalue weighted by molar-refractivity contribution is 8.01. The molecule has 0 unspecified atom stereocenters. The van der Waals surface area contributed by atoms with E-state index in [0.717, 1.165) is 31.5 Å². The van der Waals surface area contributed by atoms with Crippen molar-refractivity contribution >= 4 is 23.4 Å². The molecular formula is C13H16N2OS. The van der Waals surface area contributed by atoms with Crippen LogP contribution in [0.5, 0.6) is 0 Å². The number of anilines is 1. The van der Waals surface area contributed by atoms with Crippen molar-refractivity contribution in [3.8, 4) is 0 Å². The number of carbonyl (C=O) groups is 1. The van der Waals surface area contributed by atoms with Crippen molar-refractivity contribution in [2.24, 2.45) is 5.73 Å². The molecule has 1 aliphatic carbocycles. The first-order valence-corrected chi connectivity index (χ1v) is 6.78. The molecule has 4 heteroatoms. The number of rotatable bonds is 2. The molecule has 1 aromatic rings. The van der Waals surface area contributed by atoms with Crippen LogP contribution in [0, 0.1) is 0 Å². The topological polar surface area (TPSA) is 46.3 Å². The molecule has 0 radical (unpaired) electrons. The molecule has 1 heterocycles. The van der Waals surface area contributed by atoms with Gasteiger partial charge in [-0.2, -0.15) is 0 Å². The Kier molecular flexibility index (Phi) is 2.45. The van der Waals surface area contributed by atoms with E-state index in [-0.39, 0.29) is 10.8 Å². The number of thioether (sulfide) groups is 1. The number of hydrogen-bond donors (Lipinski definition) is 1. The summed E-state index contributed by atoms with van der Waals surface area (Å²) < 4.78 is 0. The molecule has 0 saturated heterocycles. The van der Waals surface area contributed by atoms with Crippen LogP contribution in [0.3, 0.4) is 0 Å². The van der Waals surface area contributed by atoms with Gasteiger partial charge in [0.1, 0.15) is 0 Å². The van der Waals surface area contributed by atoms with Crippen LogP contribution in [-0.4, -0.2) is 17.3 Å². The maximum absolute atomic E-state index is 11.4. The van der Waals surface area contributed by atoms with Gasteiger partial charge in [-0.3, -0.25) is 4.79 Å². The minimum absolute atomic E-state index is 0.0207. The van der Waals surface area contributed by atoms with Crippen molar-refractivity contribution in [3.63, 3.8) is 0 Å². The van der Waals surface area contributed by atoms with Crippen molar-refractivity contribution in [2.75, 3.05) is 11.4 Å². The second-order valence-corrected chi connectivity index (χ2v) is 6.37. The minimum atomic E-state index is -0.0207. The molecule has 1 amide bonds. The number of benzene rings is 1. The first kappa shape index (κ1) is 11.1. The predicted molar refractivity (Wildman–Crippen MR) is 70.2 cm³/mol. The molecule has 3 rings (SSSR count). The number of nitrogens with zero attached hydrogens (tertiary/aromatic N) is 1. The van der Waals surface area contributed by atoms with E-state index in [0.29, 0.717) is 0 Å². The number of carbonyl (C=O) groups excluding carboxylic acids is 1. The van der Waals surface area contributed by atoms with Gasteiger partial charge in [0.2, 0.25) is 5.91 Å². The summed E-state index contributed by atoms with van der Waals surface area (Å²) in [5.41, 5.74) is 8.44. The molecule has 1 aliphatic heterocycles. The Labute approximate surface area is 105 Å². The SMILES string of the molecule is CC(=O)N1CCc2cc(SC3(N)CC3)ccc21. The van der Waals surface area contributed by atoms with E-state index in [1.165, 1.54) is 10.5 Å². The van der Waals surface area contributed by atoms with Crippen LogP contribution in [0.25, 0.3) is 0 Å². The van der Waals surface area contributed by atoms with E-state index in [1.807, 2.05) is 4.90 Å². The summed E-state index contributed by atoms with van der Waals surface area (Å²) in [4.78, 5) is 14.5. The zero-order valence-electron chi connectivity index (χ0n) is 9.90. The lowest BCUT2D eigenvalue weighted by atomic mass is 10.2. The molecule has 0 atom stereocenters. The lowest BCUT2D eigenvalue weighted by Gasteiger charge is -2.15. The fraction of sp³-hybridized carbons (Fsp3) is 0.462. The third kappa shape index (κ3) is 2.07. The second kappa shape index (κ2) is 3.75. The van der Waals surface area contributed by atoms with Gasteiger partial charge in [0, 0.05) is 24.1 Å². The summed E-state index contributed by atoms with van der Waals surface area (Å²) >= 11 is 1.76. The van der Waals surface area contributed by atoms with Crippen LogP contribution >= 0.6 is 11.8 Å². The lowest BCUT2D eigenvalue weighted by molar-refractivity contribution is -0.116. The third-order valence-electron chi connectivity index (χ3n) is 3.39. The summed E-state index contributed by atoms with van der Waals surface area (Å²) in [6.45, 7) is 2.43. The van der Waals surface area contributed by atoms with Gasteiger partial charge in [-0.25, -0.2) is 0 Å². The van der Waals surface area contributed by atoms with Gasteiger partial charge in [0.15, 0.2) is 0 Å². The average Bonchev–Trinajstić information content (AvgIpc) is 2.85. The smallest absolute Gasteiger partial charge is 0.223 e.